The van der Waals surface area contributed by atoms with Gasteiger partial charge in [0.25, 0.3) is 0 Å². The topological polar surface area (TPSA) is 42.2 Å². The molecule has 1 aliphatic heterocycles. The molecule has 0 bridgehead atoms. The fourth-order valence-electron chi connectivity index (χ4n) is 4.02. The molecule has 1 saturated heterocycles. The Morgan fingerprint density at radius 2 is 1.75 bits per heavy atom. The Kier molecular flexibility index (Phi) is 4.37. The van der Waals surface area contributed by atoms with Crippen molar-refractivity contribution in [3.63, 3.8) is 0 Å². The lowest BCUT2D eigenvalue weighted by Gasteiger charge is -2.23. The minimum atomic E-state index is -0.247. The van der Waals surface area contributed by atoms with Crippen LogP contribution in [0.15, 0.2) is 67.1 Å². The first kappa shape index (κ1) is 17.1. The molecule has 1 fully saturated rings. The van der Waals surface area contributed by atoms with Crippen molar-refractivity contribution >= 4 is 5.52 Å². The summed E-state index contributed by atoms with van der Waals surface area (Å²) < 4.78 is 15.4. The van der Waals surface area contributed by atoms with E-state index in [-0.39, 0.29) is 5.82 Å². The van der Waals surface area contributed by atoms with Crippen LogP contribution in [0.2, 0.25) is 0 Å². The summed E-state index contributed by atoms with van der Waals surface area (Å²) in [5, 5.41) is 8.49. The average molecular weight is 372 g/mol. The molecule has 0 radical (unpaired) electrons. The van der Waals surface area contributed by atoms with Gasteiger partial charge in [-0.25, -0.2) is 8.91 Å². The standard InChI is InChI=1S/C23H21FN4/c24-19-7-4-17(5-8-19)23-22(16-10-13-25-14-11-16)21-9-6-18(15-28(21)27-23)20-3-1-2-12-26-20/h4-11,13-15,20,26H,1-3,12H2/t20-/m0/s1. The van der Waals surface area contributed by atoms with Crippen molar-refractivity contribution in [1.29, 1.82) is 0 Å². The van der Waals surface area contributed by atoms with Crippen LogP contribution in [0.5, 0.6) is 0 Å². The Bertz CT molecular complexity index is 1100. The van der Waals surface area contributed by atoms with E-state index in [0.29, 0.717) is 6.04 Å². The number of nitrogens with zero attached hydrogens (tertiary/aromatic N) is 3. The van der Waals surface area contributed by atoms with Crippen molar-refractivity contribution in [2.24, 2.45) is 0 Å². The smallest absolute Gasteiger partial charge is 0.123 e. The van der Waals surface area contributed by atoms with E-state index in [2.05, 4.69) is 28.6 Å². The molecule has 0 amide bonds. The number of aromatic nitrogens is 3. The number of nitrogens with one attached hydrogen (secondary N) is 1. The van der Waals surface area contributed by atoms with Crippen molar-refractivity contribution in [1.82, 2.24) is 19.9 Å². The molecule has 140 valence electrons. The van der Waals surface area contributed by atoms with E-state index in [1.807, 2.05) is 16.6 Å². The molecule has 4 aromatic rings. The van der Waals surface area contributed by atoms with E-state index in [0.717, 1.165) is 40.9 Å². The van der Waals surface area contributed by atoms with Crippen molar-refractivity contribution < 1.29 is 4.39 Å². The van der Waals surface area contributed by atoms with E-state index in [1.165, 1.54) is 30.5 Å². The lowest BCUT2D eigenvalue weighted by Crippen LogP contribution is -2.26. The zero-order valence-corrected chi connectivity index (χ0v) is 15.5. The molecule has 5 heteroatoms. The number of piperidine rings is 1. The first-order valence-corrected chi connectivity index (χ1v) is 9.71. The summed E-state index contributed by atoms with van der Waals surface area (Å²) in [4.78, 5) is 4.14. The highest BCUT2D eigenvalue weighted by Gasteiger charge is 2.19. The Hall–Kier alpha value is -3.05. The fourth-order valence-corrected chi connectivity index (χ4v) is 4.02. The maximum Gasteiger partial charge on any atom is 0.123 e. The number of rotatable bonds is 3. The lowest BCUT2D eigenvalue weighted by molar-refractivity contribution is 0.411. The summed E-state index contributed by atoms with van der Waals surface area (Å²) >= 11 is 0. The molecule has 4 nitrogen and oxygen atoms in total. The van der Waals surface area contributed by atoms with Crippen LogP contribution in [0, 0.1) is 5.82 Å². The summed E-state index contributed by atoms with van der Waals surface area (Å²) in [6.07, 6.45) is 9.32. The molecule has 5 rings (SSSR count). The quantitative estimate of drug-likeness (QED) is 0.549. The summed E-state index contributed by atoms with van der Waals surface area (Å²) in [6, 6.07) is 15.2. The van der Waals surface area contributed by atoms with Gasteiger partial charge < -0.3 is 5.32 Å². The van der Waals surface area contributed by atoms with Gasteiger partial charge in [-0.15, -0.1) is 0 Å². The van der Waals surface area contributed by atoms with E-state index < -0.39 is 0 Å². The van der Waals surface area contributed by atoms with Crippen LogP contribution in [0.3, 0.4) is 0 Å². The Labute approximate surface area is 163 Å². The maximum absolute atomic E-state index is 13.4. The van der Waals surface area contributed by atoms with Crippen molar-refractivity contribution in [2.75, 3.05) is 6.54 Å². The fraction of sp³-hybridized carbons (Fsp3) is 0.217. The number of fused-ring (bicyclic) bond motifs is 1. The monoisotopic (exact) mass is 372 g/mol. The lowest BCUT2D eigenvalue weighted by atomic mass is 9.97. The molecule has 1 aliphatic rings. The third-order valence-corrected chi connectivity index (χ3v) is 5.45. The van der Waals surface area contributed by atoms with Gasteiger partial charge in [-0.1, -0.05) is 12.5 Å². The van der Waals surface area contributed by atoms with Gasteiger partial charge in [-0.3, -0.25) is 4.98 Å². The predicted molar refractivity (Wildman–Crippen MR) is 108 cm³/mol. The first-order valence-electron chi connectivity index (χ1n) is 9.71. The van der Waals surface area contributed by atoms with E-state index in [4.69, 9.17) is 5.10 Å². The van der Waals surface area contributed by atoms with E-state index in [9.17, 15) is 4.39 Å². The normalized spacial score (nSPS) is 17.1. The second-order valence-corrected chi connectivity index (χ2v) is 7.26. The van der Waals surface area contributed by atoms with Crippen molar-refractivity contribution in [3.05, 3.63) is 78.5 Å². The van der Waals surface area contributed by atoms with Crippen LogP contribution in [-0.4, -0.2) is 21.1 Å². The summed E-state index contributed by atoms with van der Waals surface area (Å²) in [6.45, 7) is 1.06. The Balaban J connectivity index is 1.69. The van der Waals surface area contributed by atoms with E-state index >= 15 is 0 Å². The molecule has 3 aromatic heterocycles. The largest absolute Gasteiger partial charge is 0.310 e. The molecule has 1 aromatic carbocycles. The Morgan fingerprint density at radius 1 is 0.929 bits per heavy atom. The predicted octanol–water partition coefficient (Wildman–Crippen LogP) is 5.02. The number of hydrogen-bond acceptors (Lipinski definition) is 3. The number of halogens is 1. The summed E-state index contributed by atoms with van der Waals surface area (Å²) in [7, 11) is 0. The Morgan fingerprint density at radius 3 is 2.50 bits per heavy atom. The molecule has 1 N–H and O–H groups in total. The summed E-state index contributed by atoms with van der Waals surface area (Å²) in [5.41, 5.74) is 6.12. The van der Waals surface area contributed by atoms with Crippen LogP contribution < -0.4 is 5.32 Å². The molecule has 4 heterocycles. The molecule has 0 aliphatic carbocycles. The summed E-state index contributed by atoms with van der Waals surface area (Å²) in [5.74, 6) is -0.247. The van der Waals surface area contributed by atoms with Crippen LogP contribution in [0.25, 0.3) is 27.9 Å². The van der Waals surface area contributed by atoms with Crippen molar-refractivity contribution in [3.8, 4) is 22.4 Å². The molecule has 0 saturated carbocycles. The minimum absolute atomic E-state index is 0.247. The zero-order chi connectivity index (χ0) is 18.9. The number of benzene rings is 1. The molecule has 28 heavy (non-hydrogen) atoms. The third-order valence-electron chi connectivity index (χ3n) is 5.45. The highest BCUT2D eigenvalue weighted by molar-refractivity contribution is 5.92. The van der Waals surface area contributed by atoms with Gasteiger partial charge in [0.05, 0.1) is 5.52 Å². The highest BCUT2D eigenvalue weighted by Crippen LogP contribution is 2.36. The van der Waals surface area contributed by atoms with Gasteiger partial charge in [0.1, 0.15) is 11.5 Å². The van der Waals surface area contributed by atoms with Crippen LogP contribution in [0.1, 0.15) is 30.9 Å². The SMILES string of the molecule is Fc1ccc(-c2nn3cc([C@@H]4CCCCN4)ccc3c2-c2ccncc2)cc1. The van der Waals surface area contributed by atoms with Crippen molar-refractivity contribution in [2.45, 2.75) is 25.3 Å². The highest BCUT2D eigenvalue weighted by atomic mass is 19.1. The molecule has 0 spiro atoms. The van der Waals surface area contributed by atoms with Gasteiger partial charge in [0.2, 0.25) is 0 Å². The molecular weight excluding hydrogens is 351 g/mol. The van der Waals surface area contributed by atoms with Gasteiger partial charge >= 0.3 is 0 Å². The average Bonchev–Trinajstić information content (AvgIpc) is 3.14. The second-order valence-electron chi connectivity index (χ2n) is 7.26. The van der Waals surface area contributed by atoms with Gasteiger partial charge in [-0.2, -0.15) is 5.10 Å². The first-order chi connectivity index (χ1) is 13.8. The number of hydrogen-bond donors (Lipinski definition) is 1. The van der Waals surface area contributed by atoms with Gasteiger partial charge in [-0.05, 0) is 73.0 Å². The molecular formula is C23H21FN4. The van der Waals surface area contributed by atoms with Gasteiger partial charge in [0.15, 0.2) is 0 Å². The zero-order valence-electron chi connectivity index (χ0n) is 15.5. The van der Waals surface area contributed by atoms with Crippen LogP contribution in [-0.2, 0) is 0 Å². The second kappa shape index (κ2) is 7.17. The maximum atomic E-state index is 13.4. The number of pyridine rings is 2. The van der Waals surface area contributed by atoms with E-state index in [1.54, 1.807) is 24.5 Å². The molecule has 0 unspecified atom stereocenters. The molecule has 1 atom stereocenters. The van der Waals surface area contributed by atoms with Crippen LogP contribution in [0.4, 0.5) is 4.39 Å². The third kappa shape index (κ3) is 3.08. The van der Waals surface area contributed by atoms with Gasteiger partial charge in [0, 0.05) is 35.8 Å². The van der Waals surface area contributed by atoms with Crippen LogP contribution >= 0.6 is 0 Å². The minimum Gasteiger partial charge on any atom is -0.310 e.